The zero-order valence-corrected chi connectivity index (χ0v) is 13.6. The van der Waals surface area contributed by atoms with Crippen LogP contribution in [0.4, 0.5) is 0 Å². The molecule has 0 fully saturated rings. The van der Waals surface area contributed by atoms with Crippen LogP contribution in [-0.4, -0.2) is 37.6 Å². The molecule has 0 aromatic carbocycles. The van der Waals surface area contributed by atoms with Crippen molar-refractivity contribution in [2.75, 3.05) is 5.75 Å². The lowest BCUT2D eigenvalue weighted by molar-refractivity contribution is -0.120. The van der Waals surface area contributed by atoms with Gasteiger partial charge < -0.3 is 11.5 Å². The molecule has 1 aromatic heterocycles. The molecule has 2 atom stereocenters. The van der Waals surface area contributed by atoms with E-state index < -0.39 is 12.1 Å². The van der Waals surface area contributed by atoms with Crippen molar-refractivity contribution < 1.29 is 9.59 Å². The molecule has 10 heteroatoms. The van der Waals surface area contributed by atoms with Gasteiger partial charge in [0.25, 0.3) is 0 Å². The number of thioether (sulfide) groups is 1. The van der Waals surface area contributed by atoms with Crippen LogP contribution in [0.15, 0.2) is 0 Å². The molecule has 1 rings (SSSR count). The zero-order chi connectivity index (χ0) is 16.0. The minimum Gasteiger partial charge on any atom is -0.320 e. The molecule has 0 aliphatic carbocycles. The molecule has 0 amide bonds. The SMILES string of the molecule is CCC(=O)SCCC(=O)C(N)C(N)c1nc(Cl)nc(Cl)n1. The highest BCUT2D eigenvalue weighted by Crippen LogP contribution is 2.15. The summed E-state index contributed by atoms with van der Waals surface area (Å²) >= 11 is 12.4. The maximum atomic E-state index is 11.9. The summed E-state index contributed by atoms with van der Waals surface area (Å²) in [5.74, 6) is 0.134. The summed E-state index contributed by atoms with van der Waals surface area (Å²) in [5, 5.41) is -0.218. The van der Waals surface area contributed by atoms with Gasteiger partial charge in [0.15, 0.2) is 16.7 Å². The predicted molar refractivity (Wildman–Crippen MR) is 82.1 cm³/mol. The monoisotopic (exact) mass is 351 g/mol. The van der Waals surface area contributed by atoms with Gasteiger partial charge in [-0.3, -0.25) is 9.59 Å². The molecule has 21 heavy (non-hydrogen) atoms. The Balaban J connectivity index is 2.62. The summed E-state index contributed by atoms with van der Waals surface area (Å²) < 4.78 is 0. The topological polar surface area (TPSA) is 125 Å². The summed E-state index contributed by atoms with van der Waals surface area (Å²) in [4.78, 5) is 34.3. The summed E-state index contributed by atoms with van der Waals surface area (Å²) in [5.41, 5.74) is 11.6. The van der Waals surface area contributed by atoms with Crippen LogP contribution in [0.1, 0.15) is 31.6 Å². The molecular weight excluding hydrogens is 337 g/mol. The van der Waals surface area contributed by atoms with E-state index in [2.05, 4.69) is 15.0 Å². The lowest BCUT2D eigenvalue weighted by Gasteiger charge is -2.17. The molecule has 0 aliphatic heterocycles. The van der Waals surface area contributed by atoms with Crippen molar-refractivity contribution in [3.63, 3.8) is 0 Å². The molecule has 1 heterocycles. The van der Waals surface area contributed by atoms with E-state index in [-0.39, 0.29) is 33.7 Å². The number of rotatable bonds is 7. The molecule has 0 spiro atoms. The van der Waals surface area contributed by atoms with E-state index in [1.54, 1.807) is 6.92 Å². The lowest BCUT2D eigenvalue weighted by atomic mass is 10.0. The highest BCUT2D eigenvalue weighted by molar-refractivity contribution is 8.13. The molecule has 2 unspecified atom stereocenters. The predicted octanol–water partition coefficient (Wildman–Crippen LogP) is 1.13. The Kier molecular flexibility index (Phi) is 7.47. The molecule has 7 nitrogen and oxygen atoms in total. The maximum absolute atomic E-state index is 11.9. The van der Waals surface area contributed by atoms with Crippen LogP contribution in [0.3, 0.4) is 0 Å². The van der Waals surface area contributed by atoms with E-state index in [1.807, 2.05) is 0 Å². The summed E-state index contributed by atoms with van der Waals surface area (Å²) in [7, 11) is 0. The van der Waals surface area contributed by atoms with Crippen molar-refractivity contribution in [3.05, 3.63) is 16.4 Å². The van der Waals surface area contributed by atoms with Crippen molar-refractivity contribution in [2.45, 2.75) is 31.8 Å². The molecule has 0 saturated carbocycles. The van der Waals surface area contributed by atoms with Gasteiger partial charge >= 0.3 is 0 Å². The molecule has 0 aliphatic rings. The largest absolute Gasteiger partial charge is 0.320 e. The number of carbonyl (C=O) groups is 2. The smallest absolute Gasteiger partial charge is 0.226 e. The Morgan fingerprint density at radius 1 is 1.19 bits per heavy atom. The van der Waals surface area contributed by atoms with Gasteiger partial charge in [0.05, 0.1) is 12.1 Å². The number of hydrogen-bond acceptors (Lipinski definition) is 8. The summed E-state index contributed by atoms with van der Waals surface area (Å²) in [6, 6.07) is -1.95. The van der Waals surface area contributed by atoms with Crippen molar-refractivity contribution in [2.24, 2.45) is 11.5 Å². The summed E-state index contributed by atoms with van der Waals surface area (Å²) in [6.45, 7) is 1.76. The van der Waals surface area contributed by atoms with Gasteiger partial charge in [-0.15, -0.1) is 0 Å². The van der Waals surface area contributed by atoms with Crippen molar-refractivity contribution in [3.8, 4) is 0 Å². The number of ketones is 1. The third-order valence-electron chi connectivity index (χ3n) is 2.56. The van der Waals surface area contributed by atoms with Gasteiger partial charge in [0.1, 0.15) is 0 Å². The van der Waals surface area contributed by atoms with Crippen LogP contribution in [-0.2, 0) is 9.59 Å². The van der Waals surface area contributed by atoms with Crippen LogP contribution in [0.5, 0.6) is 0 Å². The first-order chi connectivity index (χ1) is 9.85. The first-order valence-electron chi connectivity index (χ1n) is 6.11. The Bertz CT molecular complexity index is 511. The van der Waals surface area contributed by atoms with E-state index in [0.29, 0.717) is 12.2 Å². The second kappa shape index (κ2) is 8.60. The number of Topliss-reactive ketones (excluding diaryl/α,β-unsaturated/α-hetero) is 1. The third-order valence-corrected chi connectivity index (χ3v) is 3.91. The van der Waals surface area contributed by atoms with Gasteiger partial charge in [-0.05, 0) is 23.2 Å². The average Bonchev–Trinajstić information content (AvgIpc) is 2.44. The number of nitrogens with zero attached hydrogens (tertiary/aromatic N) is 3. The second-order valence-corrected chi connectivity index (χ2v) is 5.90. The van der Waals surface area contributed by atoms with Gasteiger partial charge in [0, 0.05) is 18.6 Å². The van der Waals surface area contributed by atoms with Crippen LogP contribution in [0, 0.1) is 0 Å². The lowest BCUT2D eigenvalue weighted by Crippen LogP contribution is -2.42. The first-order valence-corrected chi connectivity index (χ1v) is 7.85. The molecule has 0 radical (unpaired) electrons. The van der Waals surface area contributed by atoms with Crippen molar-refractivity contribution in [1.29, 1.82) is 0 Å². The van der Waals surface area contributed by atoms with E-state index in [9.17, 15) is 9.59 Å². The van der Waals surface area contributed by atoms with Crippen molar-refractivity contribution in [1.82, 2.24) is 15.0 Å². The van der Waals surface area contributed by atoms with E-state index in [1.165, 1.54) is 0 Å². The molecule has 0 bridgehead atoms. The fourth-order valence-electron chi connectivity index (χ4n) is 1.38. The number of halogens is 2. The molecule has 1 aromatic rings. The fraction of sp³-hybridized carbons (Fsp3) is 0.545. The Morgan fingerprint density at radius 2 is 1.76 bits per heavy atom. The van der Waals surface area contributed by atoms with E-state index >= 15 is 0 Å². The summed E-state index contributed by atoms with van der Waals surface area (Å²) in [6.07, 6.45) is 0.560. The Labute approximate surface area is 136 Å². The zero-order valence-electron chi connectivity index (χ0n) is 11.3. The standard InChI is InChI=1S/C11H15Cl2N5O2S/c1-2-6(20)21-4-3-5(19)7(14)8(15)9-16-10(12)18-11(13)17-9/h7-8H,2-4,14-15H2,1H3. The third kappa shape index (κ3) is 5.84. The van der Waals surface area contributed by atoms with E-state index in [4.69, 9.17) is 34.7 Å². The average molecular weight is 352 g/mol. The van der Waals surface area contributed by atoms with Crippen LogP contribution in [0.2, 0.25) is 10.6 Å². The van der Waals surface area contributed by atoms with Crippen LogP contribution >= 0.6 is 35.0 Å². The maximum Gasteiger partial charge on any atom is 0.226 e. The molecule has 4 N–H and O–H groups in total. The second-order valence-electron chi connectivity index (χ2n) is 4.07. The molecule has 116 valence electrons. The normalized spacial score (nSPS) is 13.8. The van der Waals surface area contributed by atoms with Crippen LogP contribution in [0.25, 0.3) is 0 Å². The minimum atomic E-state index is -1.00. The van der Waals surface area contributed by atoms with E-state index in [0.717, 1.165) is 11.8 Å². The number of hydrogen-bond donors (Lipinski definition) is 2. The van der Waals surface area contributed by atoms with Gasteiger partial charge in [-0.2, -0.15) is 4.98 Å². The highest BCUT2D eigenvalue weighted by atomic mass is 35.5. The van der Waals surface area contributed by atoms with Gasteiger partial charge in [0.2, 0.25) is 10.6 Å². The number of aromatic nitrogens is 3. The highest BCUT2D eigenvalue weighted by Gasteiger charge is 2.25. The molecular formula is C11H15Cl2N5O2S. The van der Waals surface area contributed by atoms with Crippen molar-refractivity contribution >= 4 is 45.9 Å². The number of carbonyl (C=O) groups excluding carboxylic acids is 2. The minimum absolute atomic E-state index is 0.0247. The fourth-order valence-corrected chi connectivity index (χ4v) is 2.50. The Morgan fingerprint density at radius 3 is 2.29 bits per heavy atom. The van der Waals surface area contributed by atoms with Gasteiger partial charge in [-0.1, -0.05) is 18.7 Å². The van der Waals surface area contributed by atoms with Gasteiger partial charge in [-0.25, -0.2) is 9.97 Å². The number of nitrogens with two attached hydrogens (primary N) is 2. The Hall–Kier alpha value is -0.800. The van der Waals surface area contributed by atoms with Crippen LogP contribution < -0.4 is 11.5 Å². The molecule has 0 saturated heterocycles. The quantitative estimate of drug-likeness (QED) is 0.748. The first kappa shape index (κ1) is 18.2.